The van der Waals surface area contributed by atoms with Gasteiger partial charge in [-0.1, -0.05) is 48.0 Å². The van der Waals surface area contributed by atoms with Gasteiger partial charge in [0.1, 0.15) is 5.69 Å². The number of amides is 1. The van der Waals surface area contributed by atoms with E-state index >= 15 is 0 Å². The number of pyridine rings is 2. The second-order valence-corrected chi connectivity index (χ2v) is 6.61. The first-order chi connectivity index (χ1) is 13.7. The zero-order valence-corrected chi connectivity index (χ0v) is 15.5. The van der Waals surface area contributed by atoms with Crippen LogP contribution in [0.15, 0.2) is 79.1 Å². The standard InChI is InChI=1S/C23H20N4O/c1-16-5-2-6-17(13-16)15-26-19-10-12-24-21(14-19)23(28)27-20-9-3-7-18-8-4-11-25-22(18)20/h2-14H,15H2,1H3,(H,24,26)(H,27,28). The van der Waals surface area contributed by atoms with Crippen molar-refractivity contribution >= 4 is 28.2 Å². The molecule has 4 rings (SSSR count). The predicted molar refractivity (Wildman–Crippen MR) is 112 cm³/mol. The summed E-state index contributed by atoms with van der Waals surface area (Å²) in [6, 6.07) is 21.5. The number of rotatable bonds is 5. The third kappa shape index (κ3) is 3.99. The smallest absolute Gasteiger partial charge is 0.274 e. The number of hydrogen-bond acceptors (Lipinski definition) is 4. The van der Waals surface area contributed by atoms with Crippen LogP contribution in [0.25, 0.3) is 10.9 Å². The highest BCUT2D eigenvalue weighted by molar-refractivity contribution is 6.07. The second kappa shape index (κ2) is 7.88. The van der Waals surface area contributed by atoms with Gasteiger partial charge in [0.15, 0.2) is 0 Å². The van der Waals surface area contributed by atoms with Crippen LogP contribution in [0, 0.1) is 6.92 Å². The van der Waals surface area contributed by atoms with Gasteiger partial charge in [-0.2, -0.15) is 0 Å². The Morgan fingerprint density at radius 1 is 0.929 bits per heavy atom. The molecule has 0 atom stereocenters. The van der Waals surface area contributed by atoms with Crippen molar-refractivity contribution in [2.24, 2.45) is 0 Å². The molecule has 2 aromatic carbocycles. The third-order valence-corrected chi connectivity index (χ3v) is 4.45. The molecule has 0 aliphatic carbocycles. The number of carbonyl (C=O) groups is 1. The Labute approximate surface area is 163 Å². The summed E-state index contributed by atoms with van der Waals surface area (Å²) in [7, 11) is 0. The predicted octanol–water partition coefficient (Wildman–Crippen LogP) is 4.80. The monoisotopic (exact) mass is 368 g/mol. The number of anilines is 2. The van der Waals surface area contributed by atoms with Crippen LogP contribution >= 0.6 is 0 Å². The van der Waals surface area contributed by atoms with E-state index in [4.69, 9.17) is 0 Å². The van der Waals surface area contributed by atoms with Gasteiger partial charge in [0, 0.05) is 30.0 Å². The van der Waals surface area contributed by atoms with Crippen molar-refractivity contribution in [3.8, 4) is 0 Å². The number of para-hydroxylation sites is 1. The largest absolute Gasteiger partial charge is 0.381 e. The Kier molecular flexibility index (Phi) is 4.97. The van der Waals surface area contributed by atoms with E-state index in [0.29, 0.717) is 17.9 Å². The molecular weight excluding hydrogens is 348 g/mol. The Morgan fingerprint density at radius 3 is 2.68 bits per heavy atom. The summed E-state index contributed by atoms with van der Waals surface area (Å²) in [6.07, 6.45) is 3.35. The zero-order valence-electron chi connectivity index (χ0n) is 15.5. The SMILES string of the molecule is Cc1cccc(CNc2ccnc(C(=O)Nc3cccc4cccnc34)c2)c1. The van der Waals surface area contributed by atoms with E-state index in [1.165, 1.54) is 11.1 Å². The molecule has 4 aromatic rings. The van der Waals surface area contributed by atoms with Gasteiger partial charge >= 0.3 is 0 Å². The number of nitrogens with zero attached hydrogens (tertiary/aromatic N) is 2. The summed E-state index contributed by atoms with van der Waals surface area (Å²) in [5, 5.41) is 7.24. The fraction of sp³-hybridized carbons (Fsp3) is 0.0870. The fourth-order valence-electron chi connectivity index (χ4n) is 3.08. The molecule has 2 heterocycles. The van der Waals surface area contributed by atoms with Crippen LogP contribution in [0.5, 0.6) is 0 Å². The first kappa shape index (κ1) is 17.7. The molecule has 0 unspecified atom stereocenters. The number of hydrogen-bond donors (Lipinski definition) is 2. The molecule has 0 aliphatic heterocycles. The Hall–Kier alpha value is -3.73. The molecule has 138 valence electrons. The molecule has 0 saturated carbocycles. The van der Waals surface area contributed by atoms with E-state index in [0.717, 1.165) is 16.6 Å². The molecule has 0 fully saturated rings. The van der Waals surface area contributed by atoms with Crippen molar-refractivity contribution in [3.63, 3.8) is 0 Å². The molecule has 0 spiro atoms. The van der Waals surface area contributed by atoms with Crippen LogP contribution < -0.4 is 10.6 Å². The van der Waals surface area contributed by atoms with Crippen molar-refractivity contribution in [2.45, 2.75) is 13.5 Å². The highest BCUT2D eigenvalue weighted by atomic mass is 16.1. The van der Waals surface area contributed by atoms with Gasteiger partial charge in [-0.3, -0.25) is 14.8 Å². The number of aryl methyl sites for hydroxylation is 1. The van der Waals surface area contributed by atoms with E-state index in [1.807, 2.05) is 42.5 Å². The topological polar surface area (TPSA) is 66.9 Å². The van der Waals surface area contributed by atoms with E-state index in [2.05, 4.69) is 45.7 Å². The lowest BCUT2D eigenvalue weighted by atomic mass is 10.1. The van der Waals surface area contributed by atoms with Crippen LogP contribution in [-0.4, -0.2) is 15.9 Å². The average molecular weight is 368 g/mol. The van der Waals surface area contributed by atoms with Gasteiger partial charge in [-0.25, -0.2) is 0 Å². The van der Waals surface area contributed by atoms with Crippen LogP contribution in [0.2, 0.25) is 0 Å². The maximum absolute atomic E-state index is 12.7. The van der Waals surface area contributed by atoms with E-state index in [9.17, 15) is 4.79 Å². The minimum absolute atomic E-state index is 0.266. The summed E-state index contributed by atoms with van der Waals surface area (Å²) in [4.78, 5) is 21.3. The maximum atomic E-state index is 12.7. The molecule has 2 aromatic heterocycles. The number of fused-ring (bicyclic) bond motifs is 1. The molecule has 0 bridgehead atoms. The van der Waals surface area contributed by atoms with Crippen molar-refractivity contribution in [1.29, 1.82) is 0 Å². The van der Waals surface area contributed by atoms with Crippen molar-refractivity contribution in [1.82, 2.24) is 9.97 Å². The molecular formula is C23H20N4O. The summed E-state index contributed by atoms with van der Waals surface area (Å²) >= 11 is 0. The molecule has 5 nitrogen and oxygen atoms in total. The van der Waals surface area contributed by atoms with Crippen molar-refractivity contribution < 1.29 is 4.79 Å². The van der Waals surface area contributed by atoms with E-state index in [1.54, 1.807) is 18.5 Å². The van der Waals surface area contributed by atoms with Gasteiger partial charge in [-0.05, 0) is 36.8 Å². The van der Waals surface area contributed by atoms with E-state index in [-0.39, 0.29) is 5.91 Å². The molecule has 2 N–H and O–H groups in total. The number of aromatic nitrogens is 2. The molecule has 5 heteroatoms. The maximum Gasteiger partial charge on any atom is 0.274 e. The lowest BCUT2D eigenvalue weighted by molar-refractivity contribution is 0.102. The number of carbonyl (C=O) groups excluding carboxylic acids is 1. The summed E-state index contributed by atoms with van der Waals surface area (Å²) in [5.41, 5.74) is 5.03. The number of benzene rings is 2. The van der Waals surface area contributed by atoms with Crippen molar-refractivity contribution in [2.75, 3.05) is 10.6 Å². The minimum atomic E-state index is -0.266. The molecule has 28 heavy (non-hydrogen) atoms. The number of nitrogens with one attached hydrogen (secondary N) is 2. The lowest BCUT2D eigenvalue weighted by Gasteiger charge is -2.10. The highest BCUT2D eigenvalue weighted by Crippen LogP contribution is 2.21. The molecule has 0 radical (unpaired) electrons. The van der Waals surface area contributed by atoms with Gasteiger partial charge in [0.2, 0.25) is 0 Å². The first-order valence-electron chi connectivity index (χ1n) is 9.09. The summed E-state index contributed by atoms with van der Waals surface area (Å²) < 4.78 is 0. The fourth-order valence-corrected chi connectivity index (χ4v) is 3.08. The quantitative estimate of drug-likeness (QED) is 0.531. The normalized spacial score (nSPS) is 10.6. The molecule has 0 aliphatic rings. The van der Waals surface area contributed by atoms with Gasteiger partial charge in [-0.15, -0.1) is 0 Å². The minimum Gasteiger partial charge on any atom is -0.381 e. The highest BCUT2D eigenvalue weighted by Gasteiger charge is 2.11. The van der Waals surface area contributed by atoms with Crippen LogP contribution in [0.4, 0.5) is 11.4 Å². The van der Waals surface area contributed by atoms with Gasteiger partial charge in [0.05, 0.1) is 11.2 Å². The van der Waals surface area contributed by atoms with Crippen molar-refractivity contribution in [3.05, 3.63) is 95.9 Å². The van der Waals surface area contributed by atoms with Gasteiger partial charge in [0.25, 0.3) is 5.91 Å². The molecule has 0 saturated heterocycles. The zero-order chi connectivity index (χ0) is 19.3. The lowest BCUT2D eigenvalue weighted by Crippen LogP contribution is -2.14. The van der Waals surface area contributed by atoms with Gasteiger partial charge < -0.3 is 10.6 Å². The first-order valence-corrected chi connectivity index (χ1v) is 9.09. The summed E-state index contributed by atoms with van der Waals surface area (Å²) in [5.74, 6) is -0.266. The van der Waals surface area contributed by atoms with E-state index < -0.39 is 0 Å². The van der Waals surface area contributed by atoms with Crippen LogP contribution in [-0.2, 0) is 6.54 Å². The van der Waals surface area contributed by atoms with Crippen LogP contribution in [0.1, 0.15) is 21.6 Å². The Morgan fingerprint density at radius 2 is 1.79 bits per heavy atom. The third-order valence-electron chi connectivity index (χ3n) is 4.45. The Balaban J connectivity index is 1.49. The average Bonchev–Trinajstić information content (AvgIpc) is 2.73. The molecule has 1 amide bonds. The Bertz CT molecular complexity index is 1130. The second-order valence-electron chi connectivity index (χ2n) is 6.61. The summed E-state index contributed by atoms with van der Waals surface area (Å²) in [6.45, 7) is 2.75. The van der Waals surface area contributed by atoms with Crippen LogP contribution in [0.3, 0.4) is 0 Å².